The van der Waals surface area contributed by atoms with Gasteiger partial charge in [0.2, 0.25) is 0 Å². The fraction of sp³-hybridized carbons (Fsp3) is 0.600. The van der Waals surface area contributed by atoms with Gasteiger partial charge in [-0.3, -0.25) is 4.90 Å². The van der Waals surface area contributed by atoms with Gasteiger partial charge in [-0.05, 0) is 43.9 Å². The van der Waals surface area contributed by atoms with E-state index in [9.17, 15) is 0 Å². The van der Waals surface area contributed by atoms with Crippen molar-refractivity contribution >= 4 is 15.4 Å². The van der Waals surface area contributed by atoms with Gasteiger partial charge in [-0.25, -0.2) is 0 Å². The van der Waals surface area contributed by atoms with Crippen LogP contribution in [0.4, 0.5) is 0 Å². The summed E-state index contributed by atoms with van der Waals surface area (Å²) in [6.07, 6.45) is 9.48. The van der Waals surface area contributed by atoms with Gasteiger partial charge in [-0.15, -0.1) is 0 Å². The Morgan fingerprint density at radius 3 is 2.20 bits per heavy atom. The molecule has 0 bridgehead atoms. The van der Waals surface area contributed by atoms with Crippen LogP contribution in [0.25, 0.3) is 0 Å². The fourth-order valence-electron chi connectivity index (χ4n) is 4.90. The summed E-state index contributed by atoms with van der Waals surface area (Å²) in [5.74, 6) is 1.02. The molecule has 194 valence electrons. The first-order valence-electron chi connectivity index (χ1n) is 14.0. The number of rotatable bonds is 10. The standard InChI is InChI=1S/C24H40N2O2.C6H8Si/c1-3-4-5-6-7-21(2)26-14-12-24(13-15-26)28-23-10-8-22(9-11-23)20-25-16-18-27-19-17-25;7-6-4-2-1-3-5-6/h8-11,21,24H,3-7,12-20H2,1-2H3;1-5H,7H3. The van der Waals surface area contributed by atoms with Gasteiger partial charge in [0, 0.05) is 49.0 Å². The SMILES string of the molecule is CCCCCCC(C)N1CCC(Oc2ccc(CN3CCOCC3)cc2)CC1.[SiH3]c1ccccc1. The van der Waals surface area contributed by atoms with Gasteiger partial charge in [0.05, 0.1) is 13.2 Å². The first-order valence-corrected chi connectivity index (χ1v) is 15.0. The lowest BCUT2D eigenvalue weighted by atomic mass is 10.0. The molecule has 0 spiro atoms. The molecule has 2 fully saturated rings. The predicted molar refractivity (Wildman–Crippen MR) is 152 cm³/mol. The number of likely N-dealkylation sites (tertiary alicyclic amines) is 1. The van der Waals surface area contributed by atoms with E-state index in [2.05, 4.69) is 72.2 Å². The maximum absolute atomic E-state index is 6.28. The van der Waals surface area contributed by atoms with E-state index in [1.807, 2.05) is 6.07 Å². The number of hydrogen-bond acceptors (Lipinski definition) is 4. The second-order valence-corrected chi connectivity index (χ2v) is 11.4. The smallest absolute Gasteiger partial charge is 0.119 e. The van der Waals surface area contributed by atoms with Crippen molar-refractivity contribution in [3.05, 3.63) is 60.2 Å². The Hall–Kier alpha value is -1.66. The van der Waals surface area contributed by atoms with E-state index in [-0.39, 0.29) is 0 Å². The zero-order chi connectivity index (χ0) is 24.7. The normalized spacial score (nSPS) is 18.6. The molecule has 0 aliphatic carbocycles. The molecule has 2 aliphatic heterocycles. The summed E-state index contributed by atoms with van der Waals surface area (Å²) in [6.45, 7) is 11.8. The van der Waals surface area contributed by atoms with Crippen molar-refractivity contribution in [1.29, 1.82) is 0 Å². The highest BCUT2D eigenvalue weighted by atomic mass is 28.1. The molecule has 1 atom stereocenters. The summed E-state index contributed by atoms with van der Waals surface area (Å²) in [4.78, 5) is 5.12. The van der Waals surface area contributed by atoms with Crippen molar-refractivity contribution in [3.8, 4) is 5.75 Å². The second kappa shape index (κ2) is 16.2. The van der Waals surface area contributed by atoms with Crippen LogP contribution < -0.4 is 9.92 Å². The average molecular weight is 497 g/mol. The molecule has 4 nitrogen and oxygen atoms in total. The quantitative estimate of drug-likeness (QED) is 0.360. The number of hydrogen-bond donors (Lipinski definition) is 0. The molecule has 0 amide bonds. The lowest BCUT2D eigenvalue weighted by molar-refractivity contribution is 0.0341. The molecule has 4 rings (SSSR count). The van der Waals surface area contributed by atoms with Crippen molar-refractivity contribution in [1.82, 2.24) is 9.80 Å². The topological polar surface area (TPSA) is 24.9 Å². The number of piperidine rings is 1. The van der Waals surface area contributed by atoms with Crippen LogP contribution in [-0.4, -0.2) is 71.6 Å². The Labute approximate surface area is 217 Å². The predicted octanol–water partition coefficient (Wildman–Crippen LogP) is 4.40. The molecular weight excluding hydrogens is 448 g/mol. The van der Waals surface area contributed by atoms with Crippen molar-refractivity contribution in [2.24, 2.45) is 0 Å². The summed E-state index contributed by atoms with van der Waals surface area (Å²) in [5.41, 5.74) is 1.36. The Morgan fingerprint density at radius 1 is 0.914 bits per heavy atom. The van der Waals surface area contributed by atoms with Crippen LogP contribution >= 0.6 is 0 Å². The monoisotopic (exact) mass is 496 g/mol. The zero-order valence-electron chi connectivity index (χ0n) is 22.5. The minimum absolute atomic E-state index is 0.369. The molecule has 2 saturated heterocycles. The van der Waals surface area contributed by atoms with Crippen molar-refractivity contribution < 1.29 is 9.47 Å². The van der Waals surface area contributed by atoms with Crippen molar-refractivity contribution in [2.45, 2.75) is 77.5 Å². The molecule has 2 aliphatic rings. The van der Waals surface area contributed by atoms with Gasteiger partial charge in [0.1, 0.15) is 11.9 Å². The van der Waals surface area contributed by atoms with E-state index < -0.39 is 0 Å². The number of morpholine rings is 1. The maximum atomic E-state index is 6.28. The third-order valence-electron chi connectivity index (χ3n) is 7.25. The van der Waals surface area contributed by atoms with Gasteiger partial charge in [0.15, 0.2) is 0 Å². The number of ether oxygens (including phenoxy) is 2. The first kappa shape index (κ1) is 27.9. The zero-order valence-corrected chi connectivity index (χ0v) is 24.5. The number of benzene rings is 2. The van der Waals surface area contributed by atoms with Gasteiger partial charge >= 0.3 is 0 Å². The van der Waals surface area contributed by atoms with Crippen LogP contribution in [0.5, 0.6) is 5.75 Å². The second-order valence-electron chi connectivity index (χ2n) is 10.2. The van der Waals surface area contributed by atoms with E-state index in [4.69, 9.17) is 9.47 Å². The summed E-state index contributed by atoms with van der Waals surface area (Å²) in [7, 11) is 1.17. The van der Waals surface area contributed by atoms with E-state index in [1.165, 1.54) is 66.2 Å². The summed E-state index contributed by atoms with van der Waals surface area (Å²) in [6, 6.07) is 19.9. The molecule has 35 heavy (non-hydrogen) atoms. The molecule has 0 radical (unpaired) electrons. The summed E-state index contributed by atoms with van der Waals surface area (Å²) in [5, 5.41) is 1.46. The van der Waals surface area contributed by atoms with E-state index in [0.29, 0.717) is 6.10 Å². The molecule has 2 heterocycles. The molecule has 2 aromatic rings. The third-order valence-corrected chi connectivity index (χ3v) is 7.92. The highest BCUT2D eigenvalue weighted by Crippen LogP contribution is 2.22. The Balaban J connectivity index is 0.000000420. The van der Waals surface area contributed by atoms with Crippen LogP contribution in [0.15, 0.2) is 54.6 Å². The molecule has 1 unspecified atom stereocenters. The van der Waals surface area contributed by atoms with Crippen LogP contribution in [0, 0.1) is 0 Å². The van der Waals surface area contributed by atoms with Gasteiger partial charge < -0.3 is 14.4 Å². The Morgan fingerprint density at radius 2 is 1.60 bits per heavy atom. The minimum Gasteiger partial charge on any atom is -0.490 e. The fourth-order valence-corrected chi connectivity index (χ4v) is 5.29. The molecule has 0 N–H and O–H groups in total. The van der Waals surface area contributed by atoms with Gasteiger partial charge in [-0.2, -0.15) is 0 Å². The Kier molecular flexibility index (Phi) is 12.9. The van der Waals surface area contributed by atoms with Crippen molar-refractivity contribution in [3.63, 3.8) is 0 Å². The molecular formula is C30H48N2O2Si. The van der Waals surface area contributed by atoms with Crippen LogP contribution in [0.3, 0.4) is 0 Å². The Bertz CT molecular complexity index is 788. The van der Waals surface area contributed by atoms with Crippen LogP contribution in [0.2, 0.25) is 0 Å². The maximum Gasteiger partial charge on any atom is 0.119 e. The lowest BCUT2D eigenvalue weighted by Gasteiger charge is -2.36. The molecule has 2 aromatic carbocycles. The number of nitrogens with zero attached hydrogens (tertiary/aromatic N) is 2. The van der Waals surface area contributed by atoms with Crippen LogP contribution in [0.1, 0.15) is 64.4 Å². The lowest BCUT2D eigenvalue weighted by Crippen LogP contribution is -2.42. The molecule has 0 saturated carbocycles. The highest BCUT2D eigenvalue weighted by molar-refractivity contribution is 6.32. The summed E-state index contributed by atoms with van der Waals surface area (Å²) >= 11 is 0. The van der Waals surface area contributed by atoms with E-state index in [1.54, 1.807) is 0 Å². The molecule has 5 heteroatoms. The average Bonchev–Trinajstić information content (AvgIpc) is 2.90. The van der Waals surface area contributed by atoms with Gasteiger partial charge in [-0.1, -0.05) is 80.3 Å². The highest BCUT2D eigenvalue weighted by Gasteiger charge is 2.23. The molecule has 0 aromatic heterocycles. The van der Waals surface area contributed by atoms with Crippen LogP contribution in [-0.2, 0) is 11.3 Å². The van der Waals surface area contributed by atoms with E-state index >= 15 is 0 Å². The largest absolute Gasteiger partial charge is 0.490 e. The van der Waals surface area contributed by atoms with Crippen molar-refractivity contribution in [2.75, 3.05) is 39.4 Å². The van der Waals surface area contributed by atoms with E-state index in [0.717, 1.165) is 57.5 Å². The minimum atomic E-state index is 0.369. The third kappa shape index (κ3) is 10.9. The summed E-state index contributed by atoms with van der Waals surface area (Å²) < 4.78 is 11.7. The number of unbranched alkanes of at least 4 members (excludes halogenated alkanes) is 3. The first-order chi connectivity index (χ1) is 17.1. The van der Waals surface area contributed by atoms with Gasteiger partial charge in [0.25, 0.3) is 0 Å².